The fraction of sp³-hybridized carbons (Fsp3) is 0.895. The Bertz CT molecular complexity index is 448. The first kappa shape index (κ1) is 20.5. The van der Waals surface area contributed by atoms with Gasteiger partial charge in [-0.05, 0) is 57.4 Å². The van der Waals surface area contributed by atoms with Gasteiger partial charge in [0, 0.05) is 38.6 Å². The first-order chi connectivity index (χ1) is 11.7. The second-order valence-corrected chi connectivity index (χ2v) is 7.88. The minimum absolute atomic E-state index is 0. The lowest BCUT2D eigenvalue weighted by molar-refractivity contribution is -0.141. The Morgan fingerprint density at radius 3 is 2.36 bits per heavy atom. The SMILES string of the molecule is CCCC(=O)N1CCCC(C(=O)N2CCC(NCC3CC3)CC2)C1.Cl. The molecule has 1 unspecified atom stereocenters. The van der Waals surface area contributed by atoms with E-state index in [-0.39, 0.29) is 30.1 Å². The third-order valence-electron chi connectivity index (χ3n) is 5.79. The minimum atomic E-state index is 0. The maximum absolute atomic E-state index is 12.8. The molecule has 1 N–H and O–H groups in total. The fourth-order valence-electron chi connectivity index (χ4n) is 3.99. The molecule has 0 aromatic rings. The molecular weight excluding hydrogens is 338 g/mol. The standard InChI is InChI=1S/C19H33N3O2.ClH/c1-2-4-18(23)22-10-3-5-16(14-22)19(24)21-11-8-17(9-12-21)20-13-15-6-7-15;/h15-17,20H,2-14H2,1H3;1H. The topological polar surface area (TPSA) is 52.7 Å². The van der Waals surface area contributed by atoms with Gasteiger partial charge >= 0.3 is 0 Å². The van der Waals surface area contributed by atoms with Crippen molar-refractivity contribution in [2.45, 2.75) is 64.3 Å². The summed E-state index contributed by atoms with van der Waals surface area (Å²) >= 11 is 0. The fourth-order valence-corrected chi connectivity index (χ4v) is 3.99. The summed E-state index contributed by atoms with van der Waals surface area (Å²) in [7, 11) is 0. The van der Waals surface area contributed by atoms with E-state index in [0.29, 0.717) is 19.0 Å². The third-order valence-corrected chi connectivity index (χ3v) is 5.79. The molecule has 2 aliphatic heterocycles. The normalized spacial score (nSPS) is 24.8. The predicted octanol–water partition coefficient (Wildman–Crippen LogP) is 2.44. The summed E-state index contributed by atoms with van der Waals surface area (Å²) in [6.07, 6.45) is 8.32. The van der Waals surface area contributed by atoms with Gasteiger partial charge in [-0.25, -0.2) is 0 Å². The number of hydrogen-bond acceptors (Lipinski definition) is 3. The van der Waals surface area contributed by atoms with Crippen molar-refractivity contribution in [1.29, 1.82) is 0 Å². The van der Waals surface area contributed by atoms with Crippen LogP contribution in [0.5, 0.6) is 0 Å². The van der Waals surface area contributed by atoms with Crippen LogP contribution in [-0.2, 0) is 9.59 Å². The molecule has 2 saturated heterocycles. The molecule has 3 fully saturated rings. The summed E-state index contributed by atoms with van der Waals surface area (Å²) in [4.78, 5) is 28.9. The highest BCUT2D eigenvalue weighted by Gasteiger charge is 2.33. The Labute approximate surface area is 158 Å². The van der Waals surface area contributed by atoms with Gasteiger partial charge in [0.15, 0.2) is 0 Å². The van der Waals surface area contributed by atoms with Crippen LogP contribution in [0.2, 0.25) is 0 Å². The van der Waals surface area contributed by atoms with Crippen molar-refractivity contribution >= 4 is 24.2 Å². The van der Waals surface area contributed by atoms with Gasteiger partial charge in [0.1, 0.15) is 0 Å². The van der Waals surface area contributed by atoms with Gasteiger partial charge in [0.25, 0.3) is 0 Å². The van der Waals surface area contributed by atoms with Crippen LogP contribution in [0.25, 0.3) is 0 Å². The average molecular weight is 372 g/mol. The summed E-state index contributed by atoms with van der Waals surface area (Å²) in [5.74, 6) is 1.44. The Hall–Kier alpha value is -0.810. The first-order valence-electron chi connectivity index (χ1n) is 9.97. The monoisotopic (exact) mass is 371 g/mol. The van der Waals surface area contributed by atoms with Gasteiger partial charge in [-0.3, -0.25) is 9.59 Å². The number of amides is 2. The maximum atomic E-state index is 12.8. The summed E-state index contributed by atoms with van der Waals surface area (Å²) in [6.45, 7) is 6.41. The number of nitrogens with one attached hydrogen (secondary N) is 1. The van der Waals surface area contributed by atoms with Crippen molar-refractivity contribution in [3.05, 3.63) is 0 Å². The van der Waals surface area contributed by atoms with Gasteiger partial charge in [0.2, 0.25) is 11.8 Å². The number of likely N-dealkylation sites (tertiary alicyclic amines) is 2. The number of halogens is 1. The highest BCUT2D eigenvalue weighted by molar-refractivity contribution is 5.85. The van der Waals surface area contributed by atoms with Crippen molar-refractivity contribution in [2.24, 2.45) is 11.8 Å². The number of nitrogens with zero attached hydrogens (tertiary/aromatic N) is 2. The van der Waals surface area contributed by atoms with Gasteiger partial charge < -0.3 is 15.1 Å². The Balaban J connectivity index is 0.00000225. The Morgan fingerprint density at radius 2 is 1.72 bits per heavy atom. The highest BCUT2D eigenvalue weighted by atomic mass is 35.5. The van der Waals surface area contributed by atoms with E-state index >= 15 is 0 Å². The zero-order valence-corrected chi connectivity index (χ0v) is 16.4. The molecular formula is C19H34ClN3O2. The molecule has 5 nitrogen and oxygen atoms in total. The second kappa shape index (κ2) is 9.77. The molecule has 1 saturated carbocycles. The van der Waals surface area contributed by atoms with E-state index in [4.69, 9.17) is 0 Å². The van der Waals surface area contributed by atoms with Crippen molar-refractivity contribution in [3.8, 4) is 0 Å². The molecule has 1 atom stereocenters. The molecule has 0 radical (unpaired) electrons. The van der Waals surface area contributed by atoms with Crippen LogP contribution in [0.4, 0.5) is 0 Å². The quantitative estimate of drug-likeness (QED) is 0.780. The number of carbonyl (C=O) groups excluding carboxylic acids is 2. The molecule has 1 aliphatic carbocycles. The van der Waals surface area contributed by atoms with E-state index in [2.05, 4.69) is 5.32 Å². The smallest absolute Gasteiger partial charge is 0.227 e. The molecule has 144 valence electrons. The van der Waals surface area contributed by atoms with Crippen molar-refractivity contribution in [2.75, 3.05) is 32.7 Å². The van der Waals surface area contributed by atoms with E-state index in [1.54, 1.807) is 0 Å². The molecule has 6 heteroatoms. The van der Waals surface area contributed by atoms with Gasteiger partial charge in [-0.1, -0.05) is 6.92 Å². The van der Waals surface area contributed by atoms with E-state index in [1.807, 2.05) is 16.7 Å². The van der Waals surface area contributed by atoms with Crippen LogP contribution in [0, 0.1) is 11.8 Å². The Morgan fingerprint density at radius 1 is 1.00 bits per heavy atom. The molecule has 2 amide bonds. The lowest BCUT2D eigenvalue weighted by Gasteiger charge is -2.38. The molecule has 3 rings (SSSR count). The third kappa shape index (κ3) is 5.85. The average Bonchev–Trinajstić information content (AvgIpc) is 3.44. The first-order valence-corrected chi connectivity index (χ1v) is 9.97. The minimum Gasteiger partial charge on any atom is -0.342 e. The number of carbonyl (C=O) groups is 2. The second-order valence-electron chi connectivity index (χ2n) is 7.88. The number of rotatable bonds is 6. The molecule has 0 bridgehead atoms. The zero-order valence-electron chi connectivity index (χ0n) is 15.5. The lowest BCUT2D eigenvalue weighted by Crippen LogP contribution is -2.50. The van der Waals surface area contributed by atoms with E-state index < -0.39 is 0 Å². The molecule has 3 aliphatic rings. The lowest BCUT2D eigenvalue weighted by atomic mass is 9.94. The summed E-state index contributed by atoms with van der Waals surface area (Å²) in [6, 6.07) is 0.587. The van der Waals surface area contributed by atoms with Gasteiger partial charge in [-0.15, -0.1) is 12.4 Å². The van der Waals surface area contributed by atoms with Gasteiger partial charge in [0.05, 0.1) is 5.92 Å². The van der Waals surface area contributed by atoms with Crippen LogP contribution in [0.3, 0.4) is 0 Å². The summed E-state index contributed by atoms with van der Waals surface area (Å²) < 4.78 is 0. The maximum Gasteiger partial charge on any atom is 0.227 e. The van der Waals surface area contributed by atoms with Gasteiger partial charge in [-0.2, -0.15) is 0 Å². The molecule has 0 spiro atoms. The largest absolute Gasteiger partial charge is 0.342 e. The molecule has 2 heterocycles. The molecule has 25 heavy (non-hydrogen) atoms. The number of piperidine rings is 2. The number of hydrogen-bond donors (Lipinski definition) is 1. The zero-order chi connectivity index (χ0) is 16.9. The van der Waals surface area contributed by atoms with Crippen LogP contribution >= 0.6 is 12.4 Å². The molecule has 0 aromatic heterocycles. The molecule has 0 aromatic carbocycles. The Kier molecular flexibility index (Phi) is 8.01. The van der Waals surface area contributed by atoms with Crippen molar-refractivity contribution in [1.82, 2.24) is 15.1 Å². The van der Waals surface area contributed by atoms with Crippen molar-refractivity contribution in [3.63, 3.8) is 0 Å². The van der Waals surface area contributed by atoms with Crippen LogP contribution in [0.15, 0.2) is 0 Å². The van der Waals surface area contributed by atoms with Crippen LogP contribution in [-0.4, -0.2) is 60.4 Å². The van der Waals surface area contributed by atoms with E-state index in [1.165, 1.54) is 12.8 Å². The van der Waals surface area contributed by atoms with Crippen LogP contribution in [0.1, 0.15) is 58.3 Å². The predicted molar refractivity (Wildman–Crippen MR) is 102 cm³/mol. The van der Waals surface area contributed by atoms with Crippen molar-refractivity contribution < 1.29 is 9.59 Å². The van der Waals surface area contributed by atoms with E-state index in [9.17, 15) is 9.59 Å². The van der Waals surface area contributed by atoms with E-state index in [0.717, 1.165) is 64.2 Å². The summed E-state index contributed by atoms with van der Waals surface area (Å²) in [5.41, 5.74) is 0. The highest BCUT2D eigenvalue weighted by Crippen LogP contribution is 2.28. The van der Waals surface area contributed by atoms with Crippen LogP contribution < -0.4 is 5.32 Å². The summed E-state index contributed by atoms with van der Waals surface area (Å²) in [5, 5.41) is 3.67.